The summed E-state index contributed by atoms with van der Waals surface area (Å²) in [5, 5.41) is 0. The largest absolute Gasteiger partial charge is 0.345 e. The fourth-order valence-electron chi connectivity index (χ4n) is 0.351. The van der Waals surface area contributed by atoms with Gasteiger partial charge in [0.15, 0.2) is 0 Å². The Bertz CT molecular complexity index is 83.7. The molecule has 0 heterocycles. The molecular weight excluding hydrogens is 128 g/mol. The zero-order chi connectivity index (χ0) is 8.57. The van der Waals surface area contributed by atoms with Crippen molar-refractivity contribution in [2.45, 2.75) is 20.8 Å². The Hall–Kier alpha value is -0.570. The molecule has 0 aliphatic heterocycles. The number of hydrogen-bond acceptors (Lipinski definition) is 2. The Morgan fingerprint density at radius 2 is 1.90 bits per heavy atom. The second-order valence-electron chi connectivity index (χ2n) is 1.73. The van der Waals surface area contributed by atoms with Crippen LogP contribution in [0.4, 0.5) is 0 Å². The molecule has 0 saturated heterocycles. The lowest BCUT2D eigenvalue weighted by Crippen LogP contribution is -2.29. The van der Waals surface area contributed by atoms with E-state index in [4.69, 9.17) is 5.73 Å². The van der Waals surface area contributed by atoms with E-state index in [1.165, 1.54) is 6.92 Å². The number of nitrogens with two attached hydrogens (primary N) is 1. The predicted molar refractivity (Wildman–Crippen MR) is 43.7 cm³/mol. The zero-order valence-electron chi connectivity index (χ0n) is 7.35. The van der Waals surface area contributed by atoms with Crippen LogP contribution in [0.15, 0.2) is 0 Å². The molecule has 0 aliphatic carbocycles. The van der Waals surface area contributed by atoms with Gasteiger partial charge in [0.1, 0.15) is 0 Å². The van der Waals surface area contributed by atoms with Crippen LogP contribution in [0.25, 0.3) is 0 Å². The van der Waals surface area contributed by atoms with Crippen molar-refractivity contribution in [1.82, 2.24) is 4.90 Å². The van der Waals surface area contributed by atoms with E-state index < -0.39 is 0 Å². The normalized spacial score (nSPS) is 7.70. The Morgan fingerprint density at radius 1 is 1.50 bits per heavy atom. The van der Waals surface area contributed by atoms with Crippen LogP contribution >= 0.6 is 0 Å². The minimum absolute atomic E-state index is 0.0652. The maximum absolute atomic E-state index is 10.4. The van der Waals surface area contributed by atoms with Crippen LogP contribution in [-0.4, -0.2) is 30.9 Å². The third-order valence-corrected chi connectivity index (χ3v) is 1.00. The highest BCUT2D eigenvalue weighted by atomic mass is 16.2. The van der Waals surface area contributed by atoms with Gasteiger partial charge in [-0.1, -0.05) is 13.8 Å². The fraction of sp³-hybridized carbons (Fsp3) is 0.857. The summed E-state index contributed by atoms with van der Waals surface area (Å²) in [6, 6.07) is 0. The van der Waals surface area contributed by atoms with Crippen molar-refractivity contribution in [3.8, 4) is 0 Å². The van der Waals surface area contributed by atoms with E-state index in [0.29, 0.717) is 13.1 Å². The zero-order valence-corrected chi connectivity index (χ0v) is 7.35. The standard InChI is InChI=1S/C5H12N2O.C2H6/c1-5(8)7(2)4-3-6;1-2/h3-4,6H2,1-2H3;1-2H3. The van der Waals surface area contributed by atoms with Crippen LogP contribution in [0.5, 0.6) is 0 Å². The Balaban J connectivity index is 0. The van der Waals surface area contributed by atoms with E-state index >= 15 is 0 Å². The highest BCUT2D eigenvalue weighted by molar-refractivity contribution is 5.72. The first kappa shape index (κ1) is 12.1. The number of likely N-dealkylation sites (N-methyl/N-ethyl adjacent to an activating group) is 1. The molecule has 1 amide bonds. The van der Waals surface area contributed by atoms with Gasteiger partial charge in [-0.2, -0.15) is 0 Å². The molecule has 0 aliphatic rings. The molecule has 0 rings (SSSR count). The minimum Gasteiger partial charge on any atom is -0.345 e. The second-order valence-corrected chi connectivity index (χ2v) is 1.73. The maximum atomic E-state index is 10.4. The van der Waals surface area contributed by atoms with E-state index in [2.05, 4.69) is 0 Å². The molecule has 0 fully saturated rings. The molecule has 0 aromatic heterocycles. The minimum atomic E-state index is 0.0652. The van der Waals surface area contributed by atoms with Crippen molar-refractivity contribution in [3.05, 3.63) is 0 Å². The molecule has 62 valence electrons. The summed E-state index contributed by atoms with van der Waals surface area (Å²) in [7, 11) is 1.73. The van der Waals surface area contributed by atoms with Crippen LogP contribution in [0, 0.1) is 0 Å². The maximum Gasteiger partial charge on any atom is 0.219 e. The van der Waals surface area contributed by atoms with Crippen molar-refractivity contribution < 1.29 is 4.79 Å². The first-order valence-corrected chi connectivity index (χ1v) is 3.60. The molecule has 10 heavy (non-hydrogen) atoms. The topological polar surface area (TPSA) is 46.3 Å². The van der Waals surface area contributed by atoms with Gasteiger partial charge in [0.2, 0.25) is 5.91 Å². The second kappa shape index (κ2) is 8.43. The summed E-state index contributed by atoms with van der Waals surface area (Å²) in [5.41, 5.74) is 5.17. The van der Waals surface area contributed by atoms with Gasteiger partial charge in [-0.05, 0) is 0 Å². The molecular formula is C7H18N2O. The average molecular weight is 146 g/mol. The van der Waals surface area contributed by atoms with Crippen molar-refractivity contribution in [2.75, 3.05) is 20.1 Å². The lowest BCUT2D eigenvalue weighted by atomic mass is 10.5. The molecule has 0 aromatic rings. The number of hydrogen-bond donors (Lipinski definition) is 1. The van der Waals surface area contributed by atoms with E-state index in [9.17, 15) is 4.79 Å². The number of nitrogens with zero attached hydrogens (tertiary/aromatic N) is 1. The molecule has 3 nitrogen and oxygen atoms in total. The summed E-state index contributed by atoms with van der Waals surface area (Å²) < 4.78 is 0. The molecule has 0 radical (unpaired) electrons. The van der Waals surface area contributed by atoms with E-state index in [1.54, 1.807) is 11.9 Å². The summed E-state index contributed by atoms with van der Waals surface area (Å²) in [5.74, 6) is 0.0652. The van der Waals surface area contributed by atoms with Crippen LogP contribution in [0.2, 0.25) is 0 Å². The lowest BCUT2D eigenvalue weighted by Gasteiger charge is -2.11. The van der Waals surface area contributed by atoms with Crippen LogP contribution < -0.4 is 5.73 Å². The van der Waals surface area contributed by atoms with Crippen LogP contribution in [0.3, 0.4) is 0 Å². The fourth-order valence-corrected chi connectivity index (χ4v) is 0.351. The predicted octanol–water partition coefficient (Wildman–Crippen LogP) is 0.450. The highest BCUT2D eigenvalue weighted by Crippen LogP contribution is 1.78. The van der Waals surface area contributed by atoms with Crippen LogP contribution in [-0.2, 0) is 4.79 Å². The van der Waals surface area contributed by atoms with Crippen molar-refractivity contribution in [2.24, 2.45) is 5.73 Å². The smallest absolute Gasteiger partial charge is 0.219 e. The van der Waals surface area contributed by atoms with E-state index in [0.717, 1.165) is 0 Å². The first-order valence-electron chi connectivity index (χ1n) is 3.60. The highest BCUT2D eigenvalue weighted by Gasteiger charge is 1.96. The summed E-state index contributed by atoms with van der Waals surface area (Å²) in [6.07, 6.45) is 0. The quantitative estimate of drug-likeness (QED) is 0.615. The van der Waals surface area contributed by atoms with E-state index in [1.807, 2.05) is 13.8 Å². The monoisotopic (exact) mass is 146 g/mol. The SMILES string of the molecule is CC.CC(=O)N(C)CCN. The van der Waals surface area contributed by atoms with Crippen LogP contribution in [0.1, 0.15) is 20.8 Å². The molecule has 3 heteroatoms. The molecule has 0 unspecified atom stereocenters. The van der Waals surface area contributed by atoms with Gasteiger partial charge in [-0.3, -0.25) is 4.79 Å². The molecule has 0 atom stereocenters. The Labute approximate surface area is 63.2 Å². The number of amides is 1. The van der Waals surface area contributed by atoms with Gasteiger partial charge in [0.05, 0.1) is 0 Å². The number of carbonyl (C=O) groups excluding carboxylic acids is 1. The van der Waals surface area contributed by atoms with E-state index in [-0.39, 0.29) is 5.91 Å². The lowest BCUT2D eigenvalue weighted by molar-refractivity contribution is -0.127. The third-order valence-electron chi connectivity index (χ3n) is 1.00. The molecule has 0 saturated carbocycles. The number of carbonyl (C=O) groups is 1. The van der Waals surface area contributed by atoms with Gasteiger partial charge < -0.3 is 10.6 Å². The summed E-state index contributed by atoms with van der Waals surface area (Å²) in [6.45, 7) is 6.71. The van der Waals surface area contributed by atoms with Crippen molar-refractivity contribution in [1.29, 1.82) is 0 Å². The Kier molecular flexibility index (Phi) is 10.2. The van der Waals surface area contributed by atoms with Crippen molar-refractivity contribution >= 4 is 5.91 Å². The van der Waals surface area contributed by atoms with Gasteiger partial charge in [0.25, 0.3) is 0 Å². The summed E-state index contributed by atoms with van der Waals surface area (Å²) >= 11 is 0. The van der Waals surface area contributed by atoms with Gasteiger partial charge in [0, 0.05) is 27.1 Å². The van der Waals surface area contributed by atoms with Gasteiger partial charge in [-0.25, -0.2) is 0 Å². The van der Waals surface area contributed by atoms with Crippen molar-refractivity contribution in [3.63, 3.8) is 0 Å². The number of rotatable bonds is 2. The molecule has 2 N–H and O–H groups in total. The third kappa shape index (κ3) is 7.43. The first-order chi connectivity index (χ1) is 4.68. The average Bonchev–Trinajstić information content (AvgIpc) is 1.93. The molecule has 0 bridgehead atoms. The molecule has 0 spiro atoms. The Morgan fingerprint density at radius 3 is 2.00 bits per heavy atom. The van der Waals surface area contributed by atoms with Gasteiger partial charge >= 0.3 is 0 Å². The molecule has 0 aromatic carbocycles. The summed E-state index contributed by atoms with van der Waals surface area (Å²) in [4.78, 5) is 12.0. The van der Waals surface area contributed by atoms with Gasteiger partial charge in [-0.15, -0.1) is 0 Å².